The molecule has 24 heavy (non-hydrogen) atoms. The van der Waals surface area contributed by atoms with Gasteiger partial charge in [0.05, 0.1) is 10.5 Å². The van der Waals surface area contributed by atoms with E-state index in [2.05, 4.69) is 10.3 Å². The maximum absolute atomic E-state index is 11.1. The van der Waals surface area contributed by atoms with Crippen LogP contribution in [0.2, 0.25) is 10.0 Å². The molecule has 4 nitrogen and oxygen atoms in total. The lowest BCUT2D eigenvalue weighted by Crippen LogP contribution is -2.07. The highest BCUT2D eigenvalue weighted by Gasteiger charge is 2.05. The van der Waals surface area contributed by atoms with E-state index in [1.165, 1.54) is 6.92 Å². The van der Waals surface area contributed by atoms with E-state index in [1.807, 2.05) is 24.3 Å². The van der Waals surface area contributed by atoms with Crippen molar-refractivity contribution in [1.29, 1.82) is 0 Å². The Morgan fingerprint density at radius 3 is 2.71 bits per heavy atom. The highest BCUT2D eigenvalue weighted by atomic mass is 35.5. The summed E-state index contributed by atoms with van der Waals surface area (Å²) < 4.78 is 5.74. The average Bonchev–Trinajstić information content (AvgIpc) is 2.53. The number of aromatic nitrogens is 1. The van der Waals surface area contributed by atoms with Crippen LogP contribution in [0.1, 0.15) is 12.5 Å². The number of hydrogen-bond acceptors (Lipinski definition) is 3. The zero-order valence-corrected chi connectivity index (χ0v) is 14.4. The fourth-order valence-corrected chi connectivity index (χ4v) is 2.73. The van der Waals surface area contributed by atoms with Crippen molar-refractivity contribution >= 4 is 45.8 Å². The molecular formula is C18H14Cl2N2O2. The van der Waals surface area contributed by atoms with Gasteiger partial charge in [-0.05, 0) is 48.0 Å². The number of hydrogen-bond donors (Lipinski definition) is 1. The summed E-state index contributed by atoms with van der Waals surface area (Å²) in [6, 6.07) is 14.6. The number of nitrogens with zero attached hydrogens (tertiary/aromatic N) is 1. The van der Waals surface area contributed by atoms with Crippen LogP contribution in [0.5, 0.6) is 5.75 Å². The van der Waals surface area contributed by atoms with E-state index < -0.39 is 0 Å². The van der Waals surface area contributed by atoms with Gasteiger partial charge in [-0.15, -0.1) is 0 Å². The summed E-state index contributed by atoms with van der Waals surface area (Å²) in [6.07, 6.45) is 0. The number of halogens is 2. The fraction of sp³-hybridized carbons (Fsp3) is 0.111. The van der Waals surface area contributed by atoms with E-state index in [9.17, 15) is 4.79 Å². The summed E-state index contributed by atoms with van der Waals surface area (Å²) in [5.74, 6) is 0.971. The van der Waals surface area contributed by atoms with Gasteiger partial charge in [-0.1, -0.05) is 29.3 Å². The van der Waals surface area contributed by atoms with Gasteiger partial charge in [-0.25, -0.2) is 4.98 Å². The van der Waals surface area contributed by atoms with Gasteiger partial charge in [-0.2, -0.15) is 0 Å². The molecule has 1 amide bonds. The molecule has 0 aliphatic carbocycles. The zero-order valence-electron chi connectivity index (χ0n) is 12.8. The van der Waals surface area contributed by atoms with E-state index in [4.69, 9.17) is 27.9 Å². The molecule has 6 heteroatoms. The molecule has 1 heterocycles. The van der Waals surface area contributed by atoms with Crippen molar-refractivity contribution in [3.8, 4) is 5.75 Å². The summed E-state index contributed by atoms with van der Waals surface area (Å²) in [7, 11) is 0. The van der Waals surface area contributed by atoms with Crippen molar-refractivity contribution in [2.75, 3.05) is 5.32 Å². The number of pyridine rings is 1. The third-order valence-corrected chi connectivity index (χ3v) is 3.88. The smallest absolute Gasteiger partial charge is 0.222 e. The Balaban J connectivity index is 1.77. The molecule has 0 spiro atoms. The maximum Gasteiger partial charge on any atom is 0.222 e. The summed E-state index contributed by atoms with van der Waals surface area (Å²) in [5.41, 5.74) is 1.79. The van der Waals surface area contributed by atoms with Crippen molar-refractivity contribution in [1.82, 2.24) is 4.98 Å². The second-order valence-corrected chi connectivity index (χ2v) is 6.11. The van der Waals surface area contributed by atoms with E-state index in [1.54, 1.807) is 24.3 Å². The molecule has 0 saturated heterocycles. The molecule has 0 radical (unpaired) electrons. The van der Waals surface area contributed by atoms with E-state index in [-0.39, 0.29) is 5.91 Å². The van der Waals surface area contributed by atoms with Crippen molar-refractivity contribution in [3.63, 3.8) is 0 Å². The molecular weight excluding hydrogens is 347 g/mol. The van der Waals surface area contributed by atoms with E-state index >= 15 is 0 Å². The number of carbonyl (C=O) groups excluding carboxylic acids is 1. The second kappa shape index (κ2) is 7.07. The van der Waals surface area contributed by atoms with E-state index in [0.29, 0.717) is 28.2 Å². The number of rotatable bonds is 4. The van der Waals surface area contributed by atoms with Gasteiger partial charge in [0.1, 0.15) is 18.2 Å². The average molecular weight is 361 g/mol. The van der Waals surface area contributed by atoms with Crippen LogP contribution < -0.4 is 10.1 Å². The van der Waals surface area contributed by atoms with Crippen LogP contribution in [0.4, 0.5) is 5.82 Å². The molecule has 0 bridgehead atoms. The third kappa shape index (κ3) is 3.96. The normalized spacial score (nSPS) is 10.6. The molecule has 1 N–H and O–H groups in total. The number of amides is 1. The Hall–Kier alpha value is -2.30. The number of fused-ring (bicyclic) bond motifs is 1. The predicted molar refractivity (Wildman–Crippen MR) is 96.8 cm³/mol. The molecule has 3 aromatic rings. The molecule has 122 valence electrons. The first kappa shape index (κ1) is 16.6. The lowest BCUT2D eigenvalue weighted by Gasteiger charge is -2.09. The van der Waals surface area contributed by atoms with Gasteiger partial charge in [-0.3, -0.25) is 4.79 Å². The van der Waals surface area contributed by atoms with Crippen molar-refractivity contribution in [2.45, 2.75) is 13.5 Å². The number of ether oxygens (including phenoxy) is 1. The first-order chi connectivity index (χ1) is 11.5. The van der Waals surface area contributed by atoms with Crippen molar-refractivity contribution < 1.29 is 9.53 Å². The molecule has 0 saturated carbocycles. The summed E-state index contributed by atoms with van der Waals surface area (Å²) in [6.45, 7) is 1.83. The minimum Gasteiger partial charge on any atom is -0.487 e. The van der Waals surface area contributed by atoms with Crippen LogP contribution >= 0.6 is 23.2 Å². The van der Waals surface area contributed by atoms with Crippen LogP contribution in [-0.4, -0.2) is 10.9 Å². The topological polar surface area (TPSA) is 51.2 Å². The predicted octanol–water partition coefficient (Wildman–Crippen LogP) is 5.08. The van der Waals surface area contributed by atoms with Gasteiger partial charge in [0.2, 0.25) is 5.91 Å². The molecule has 0 fully saturated rings. The van der Waals surface area contributed by atoms with Gasteiger partial charge in [0.15, 0.2) is 0 Å². The monoisotopic (exact) mass is 360 g/mol. The minimum absolute atomic E-state index is 0.147. The molecule has 0 unspecified atom stereocenters. The highest BCUT2D eigenvalue weighted by molar-refractivity contribution is 6.35. The number of carbonyl (C=O) groups is 1. The molecule has 1 aromatic heterocycles. The van der Waals surface area contributed by atoms with Crippen LogP contribution in [0.15, 0.2) is 48.5 Å². The summed E-state index contributed by atoms with van der Waals surface area (Å²) in [5, 5.41) is 4.68. The lowest BCUT2D eigenvalue weighted by molar-refractivity contribution is -0.114. The number of anilines is 1. The van der Waals surface area contributed by atoms with Gasteiger partial charge < -0.3 is 10.1 Å². The lowest BCUT2D eigenvalue weighted by atomic mass is 10.1. The number of nitrogens with one attached hydrogen (secondary N) is 1. The second-order valence-electron chi connectivity index (χ2n) is 5.27. The first-order valence-corrected chi connectivity index (χ1v) is 8.02. The van der Waals surface area contributed by atoms with Crippen LogP contribution in [0.3, 0.4) is 0 Å². The zero-order chi connectivity index (χ0) is 17.1. The molecule has 0 atom stereocenters. The Labute approximate surface area is 149 Å². The van der Waals surface area contributed by atoms with Crippen molar-refractivity contribution in [2.24, 2.45) is 0 Å². The molecule has 0 aliphatic heterocycles. The van der Waals surface area contributed by atoms with Crippen molar-refractivity contribution in [3.05, 3.63) is 64.1 Å². The molecule has 2 aromatic carbocycles. The SMILES string of the molecule is CC(=O)Nc1ccc2cc(COc3ccc(Cl)cc3Cl)ccc2n1. The third-order valence-electron chi connectivity index (χ3n) is 3.35. The Bertz CT molecular complexity index is 913. The summed E-state index contributed by atoms with van der Waals surface area (Å²) in [4.78, 5) is 15.5. The number of benzene rings is 2. The quantitative estimate of drug-likeness (QED) is 0.705. The Morgan fingerprint density at radius 1 is 1.12 bits per heavy atom. The van der Waals surface area contributed by atoms with Gasteiger partial charge in [0, 0.05) is 17.3 Å². The summed E-state index contributed by atoms with van der Waals surface area (Å²) >= 11 is 12.0. The van der Waals surface area contributed by atoms with Crippen LogP contribution in [0.25, 0.3) is 10.9 Å². The highest BCUT2D eigenvalue weighted by Crippen LogP contribution is 2.28. The largest absolute Gasteiger partial charge is 0.487 e. The maximum atomic E-state index is 11.1. The van der Waals surface area contributed by atoms with Gasteiger partial charge in [0.25, 0.3) is 0 Å². The molecule has 3 rings (SSSR count). The van der Waals surface area contributed by atoms with Crippen LogP contribution in [-0.2, 0) is 11.4 Å². The Kier molecular flexibility index (Phi) is 4.88. The van der Waals surface area contributed by atoms with Gasteiger partial charge >= 0.3 is 0 Å². The minimum atomic E-state index is -0.147. The first-order valence-electron chi connectivity index (χ1n) is 7.26. The van der Waals surface area contributed by atoms with Crippen LogP contribution in [0, 0.1) is 0 Å². The Morgan fingerprint density at radius 2 is 1.96 bits per heavy atom. The molecule has 0 aliphatic rings. The van der Waals surface area contributed by atoms with E-state index in [0.717, 1.165) is 16.5 Å². The standard InChI is InChI=1S/C18H14Cl2N2O2/c1-11(23)21-18-7-3-13-8-12(2-5-16(13)22-18)10-24-17-6-4-14(19)9-15(17)20/h2-9H,10H2,1H3,(H,21,22,23). The fourth-order valence-electron chi connectivity index (χ4n) is 2.27.